The van der Waals surface area contributed by atoms with Crippen LogP contribution in [-0.4, -0.2) is 14.2 Å². The molecule has 0 atom stereocenters. The first-order valence-electron chi connectivity index (χ1n) is 5.98. The van der Waals surface area contributed by atoms with E-state index in [0.717, 1.165) is 22.6 Å². The predicted octanol–water partition coefficient (Wildman–Crippen LogP) is 5.18. The summed E-state index contributed by atoms with van der Waals surface area (Å²) in [6.45, 7) is 0. The van der Waals surface area contributed by atoms with Crippen LogP contribution in [0, 0.1) is 0 Å². The molecule has 104 valence electrons. The van der Waals surface area contributed by atoms with E-state index in [1.54, 1.807) is 20.3 Å². The fourth-order valence-corrected chi connectivity index (χ4v) is 2.04. The number of ether oxygens (including phenoxy) is 2. The van der Waals surface area contributed by atoms with E-state index in [1.807, 2.05) is 42.5 Å². The van der Waals surface area contributed by atoms with Crippen molar-refractivity contribution in [3.05, 3.63) is 57.6 Å². The van der Waals surface area contributed by atoms with Crippen molar-refractivity contribution in [3.8, 4) is 11.5 Å². The summed E-state index contributed by atoms with van der Waals surface area (Å²) in [5, 5.41) is 1.09. The Morgan fingerprint density at radius 3 is 1.90 bits per heavy atom. The second kappa shape index (κ2) is 6.69. The van der Waals surface area contributed by atoms with Crippen LogP contribution < -0.4 is 9.47 Å². The van der Waals surface area contributed by atoms with E-state index in [-0.39, 0.29) is 0 Å². The maximum absolute atomic E-state index is 5.99. The maximum atomic E-state index is 5.99. The first-order valence-corrected chi connectivity index (χ1v) is 6.74. The van der Waals surface area contributed by atoms with E-state index >= 15 is 0 Å². The number of halogens is 2. The third kappa shape index (κ3) is 3.69. The maximum Gasteiger partial charge on any atom is 0.123 e. The van der Waals surface area contributed by atoms with Gasteiger partial charge in [0.15, 0.2) is 0 Å². The number of hydrogen-bond acceptors (Lipinski definition) is 2. The normalized spacial score (nSPS) is 10.8. The largest absolute Gasteiger partial charge is 0.497 e. The third-order valence-corrected chi connectivity index (χ3v) is 3.52. The summed E-state index contributed by atoms with van der Waals surface area (Å²) < 4.78 is 10.5. The molecule has 0 saturated carbocycles. The van der Waals surface area contributed by atoms with Crippen LogP contribution >= 0.6 is 23.2 Å². The van der Waals surface area contributed by atoms with Gasteiger partial charge in [-0.1, -0.05) is 41.4 Å². The van der Waals surface area contributed by atoms with Crippen molar-refractivity contribution >= 4 is 35.4 Å². The molecular formula is C16H14Cl2O2. The Bertz CT molecular complexity index is 614. The zero-order valence-corrected chi connectivity index (χ0v) is 12.7. The van der Waals surface area contributed by atoms with Gasteiger partial charge in [0.1, 0.15) is 11.5 Å². The van der Waals surface area contributed by atoms with Crippen molar-refractivity contribution in [2.24, 2.45) is 0 Å². The predicted molar refractivity (Wildman–Crippen MR) is 84.9 cm³/mol. The van der Waals surface area contributed by atoms with Crippen LogP contribution in [0.5, 0.6) is 11.5 Å². The molecule has 0 radical (unpaired) electrons. The first kappa shape index (κ1) is 14.8. The molecule has 0 aromatic heterocycles. The standard InChI is InChI=1S/C16H14Cl2O2/c1-19-13-7-12(8-14(10-13)20-2)4-3-11-5-6-15(17)16(18)9-11/h3-10H,1-2H3. The van der Waals surface area contributed by atoms with Crippen molar-refractivity contribution in [3.63, 3.8) is 0 Å². The number of hydrogen-bond donors (Lipinski definition) is 0. The van der Waals surface area contributed by atoms with Gasteiger partial charge in [0, 0.05) is 6.07 Å². The summed E-state index contributed by atoms with van der Waals surface area (Å²) >= 11 is 11.9. The molecule has 0 saturated heterocycles. The highest BCUT2D eigenvalue weighted by atomic mass is 35.5. The Labute approximate surface area is 128 Å². The summed E-state index contributed by atoms with van der Waals surface area (Å²) in [5.41, 5.74) is 1.95. The zero-order valence-electron chi connectivity index (χ0n) is 11.2. The molecule has 0 fully saturated rings. The lowest BCUT2D eigenvalue weighted by Crippen LogP contribution is -1.88. The lowest BCUT2D eigenvalue weighted by molar-refractivity contribution is 0.394. The van der Waals surface area contributed by atoms with E-state index in [2.05, 4.69) is 0 Å². The SMILES string of the molecule is COc1cc(C=Cc2ccc(Cl)c(Cl)c2)cc(OC)c1. The van der Waals surface area contributed by atoms with Crippen LogP contribution in [0.3, 0.4) is 0 Å². The average molecular weight is 309 g/mol. The molecule has 0 amide bonds. The summed E-state index contributed by atoms with van der Waals surface area (Å²) in [7, 11) is 3.25. The molecule has 0 aliphatic heterocycles. The Morgan fingerprint density at radius 1 is 0.750 bits per heavy atom. The molecule has 0 aliphatic carbocycles. The molecule has 20 heavy (non-hydrogen) atoms. The van der Waals surface area contributed by atoms with Crippen LogP contribution in [0.2, 0.25) is 10.0 Å². The van der Waals surface area contributed by atoms with Gasteiger partial charge in [-0.05, 0) is 35.4 Å². The van der Waals surface area contributed by atoms with Crippen molar-refractivity contribution in [1.29, 1.82) is 0 Å². The Balaban J connectivity index is 2.28. The molecule has 0 N–H and O–H groups in total. The van der Waals surface area contributed by atoms with Crippen LogP contribution in [-0.2, 0) is 0 Å². The fraction of sp³-hybridized carbons (Fsp3) is 0.125. The second-order valence-corrected chi connectivity index (χ2v) is 4.97. The highest BCUT2D eigenvalue weighted by molar-refractivity contribution is 6.42. The van der Waals surface area contributed by atoms with E-state index < -0.39 is 0 Å². The summed E-state index contributed by atoms with van der Waals surface area (Å²) in [4.78, 5) is 0. The number of benzene rings is 2. The summed E-state index contributed by atoms with van der Waals surface area (Å²) in [5.74, 6) is 1.50. The van der Waals surface area contributed by atoms with Crippen LogP contribution in [0.1, 0.15) is 11.1 Å². The van der Waals surface area contributed by atoms with Gasteiger partial charge in [-0.2, -0.15) is 0 Å². The van der Waals surface area contributed by atoms with Crippen LogP contribution in [0.4, 0.5) is 0 Å². The highest BCUT2D eigenvalue weighted by Crippen LogP contribution is 2.26. The lowest BCUT2D eigenvalue weighted by Gasteiger charge is -2.05. The van der Waals surface area contributed by atoms with Gasteiger partial charge in [0.05, 0.1) is 24.3 Å². The minimum Gasteiger partial charge on any atom is -0.497 e. The first-order chi connectivity index (χ1) is 9.62. The Kier molecular flexibility index (Phi) is 4.94. The van der Waals surface area contributed by atoms with E-state index in [0.29, 0.717) is 10.0 Å². The van der Waals surface area contributed by atoms with Crippen molar-refractivity contribution in [2.75, 3.05) is 14.2 Å². The van der Waals surface area contributed by atoms with Crippen LogP contribution in [0.25, 0.3) is 12.2 Å². The molecule has 0 bridgehead atoms. The van der Waals surface area contributed by atoms with E-state index in [1.165, 1.54) is 0 Å². The van der Waals surface area contributed by atoms with Gasteiger partial charge in [0.25, 0.3) is 0 Å². The topological polar surface area (TPSA) is 18.5 Å². The molecule has 2 aromatic rings. The third-order valence-electron chi connectivity index (χ3n) is 2.79. The van der Waals surface area contributed by atoms with Crippen molar-refractivity contribution in [2.45, 2.75) is 0 Å². The monoisotopic (exact) mass is 308 g/mol. The fourth-order valence-electron chi connectivity index (χ4n) is 1.73. The molecule has 0 aliphatic rings. The summed E-state index contributed by atoms with van der Waals surface area (Å²) in [6, 6.07) is 11.2. The van der Waals surface area contributed by atoms with Gasteiger partial charge in [-0.3, -0.25) is 0 Å². The molecule has 4 heteroatoms. The van der Waals surface area contributed by atoms with Gasteiger partial charge in [0.2, 0.25) is 0 Å². The van der Waals surface area contributed by atoms with Crippen molar-refractivity contribution in [1.82, 2.24) is 0 Å². The number of methoxy groups -OCH3 is 2. The number of rotatable bonds is 4. The molecular weight excluding hydrogens is 295 g/mol. The minimum atomic E-state index is 0.539. The smallest absolute Gasteiger partial charge is 0.123 e. The Morgan fingerprint density at radius 2 is 1.35 bits per heavy atom. The van der Waals surface area contributed by atoms with E-state index in [9.17, 15) is 0 Å². The zero-order chi connectivity index (χ0) is 14.5. The Hall–Kier alpha value is -1.64. The van der Waals surface area contributed by atoms with Crippen molar-refractivity contribution < 1.29 is 9.47 Å². The highest BCUT2D eigenvalue weighted by Gasteiger charge is 2.00. The second-order valence-electron chi connectivity index (χ2n) is 4.15. The summed E-state index contributed by atoms with van der Waals surface area (Å²) in [6.07, 6.45) is 3.92. The molecule has 0 heterocycles. The van der Waals surface area contributed by atoms with Crippen LogP contribution in [0.15, 0.2) is 36.4 Å². The van der Waals surface area contributed by atoms with E-state index in [4.69, 9.17) is 32.7 Å². The quantitative estimate of drug-likeness (QED) is 0.724. The minimum absolute atomic E-state index is 0.539. The average Bonchev–Trinajstić information content (AvgIpc) is 2.48. The molecule has 0 spiro atoms. The van der Waals surface area contributed by atoms with Gasteiger partial charge < -0.3 is 9.47 Å². The van der Waals surface area contributed by atoms with Gasteiger partial charge in [-0.25, -0.2) is 0 Å². The molecule has 2 nitrogen and oxygen atoms in total. The molecule has 0 unspecified atom stereocenters. The lowest BCUT2D eigenvalue weighted by atomic mass is 10.1. The molecule has 2 aromatic carbocycles. The van der Waals surface area contributed by atoms with Gasteiger partial charge in [-0.15, -0.1) is 0 Å². The van der Waals surface area contributed by atoms with Gasteiger partial charge >= 0.3 is 0 Å². The molecule has 2 rings (SSSR count).